The molecule has 37 heavy (non-hydrogen) atoms. The lowest BCUT2D eigenvalue weighted by Gasteiger charge is -2.17. The van der Waals surface area contributed by atoms with E-state index in [1.165, 1.54) is 23.9 Å². The van der Waals surface area contributed by atoms with Crippen molar-refractivity contribution in [1.29, 1.82) is 0 Å². The molecule has 0 radical (unpaired) electrons. The summed E-state index contributed by atoms with van der Waals surface area (Å²) in [5, 5.41) is 10.9. The van der Waals surface area contributed by atoms with Crippen molar-refractivity contribution in [2.75, 3.05) is 31.3 Å². The monoisotopic (exact) mass is 524 g/mol. The summed E-state index contributed by atoms with van der Waals surface area (Å²) in [7, 11) is 1.45. The van der Waals surface area contributed by atoms with E-state index >= 15 is 0 Å². The predicted octanol–water partition coefficient (Wildman–Crippen LogP) is 2.81. The molecule has 1 atom stereocenters. The Morgan fingerprint density at radius 1 is 1.30 bits per heavy atom. The molecule has 1 aliphatic carbocycles. The zero-order valence-electron chi connectivity index (χ0n) is 22.8. The van der Waals surface area contributed by atoms with Gasteiger partial charge >= 0.3 is 6.18 Å². The molecule has 0 bridgehead atoms. The summed E-state index contributed by atoms with van der Waals surface area (Å²) in [6.45, 7) is -1.63. The summed E-state index contributed by atoms with van der Waals surface area (Å²) in [5.74, 6) is -1.46. The number of ether oxygens (including phenoxy) is 1. The van der Waals surface area contributed by atoms with Gasteiger partial charge in [0.2, 0.25) is 5.91 Å². The summed E-state index contributed by atoms with van der Waals surface area (Å²) >= 11 is 0. The molecule has 198 valence electrons. The molecule has 2 amide bonds. The molecule has 1 unspecified atom stereocenters. The zero-order chi connectivity index (χ0) is 29.4. The van der Waals surface area contributed by atoms with Crippen LogP contribution < -0.4 is 21.5 Å². The molecule has 1 fully saturated rings. The number of hydrogen-bond donors (Lipinski definition) is 3. The van der Waals surface area contributed by atoms with E-state index in [9.17, 15) is 27.6 Å². The number of carbonyl (C=O) groups is 2. The standard InChI is InChI=1S/C23H26F3N7O4/c1-12(23(24,25)26)33-22(36)19-16(11-32(6-7-37-3)17(19)10-29-33)30-15-8-18(31-20(34)13-4-5-13)28-9-14(15)21(35)27-2/h8-13H,4-7H2,1-3H3,(H,27,35)(H2,28,30,31,34)/i2D3. The average molecular weight is 525 g/mol. The van der Waals surface area contributed by atoms with Gasteiger partial charge in [0, 0.05) is 49.1 Å². The van der Waals surface area contributed by atoms with Crippen molar-refractivity contribution in [2.45, 2.75) is 38.5 Å². The average Bonchev–Trinajstić information content (AvgIpc) is 3.64. The first-order valence-corrected chi connectivity index (χ1v) is 11.3. The second kappa shape index (κ2) is 10.2. The second-order valence-corrected chi connectivity index (χ2v) is 8.56. The van der Waals surface area contributed by atoms with Crippen LogP contribution in [0.4, 0.5) is 30.4 Å². The van der Waals surface area contributed by atoms with Gasteiger partial charge in [0.1, 0.15) is 11.9 Å². The Labute approximate surface area is 213 Å². The Kier molecular flexibility index (Phi) is 6.14. The Morgan fingerprint density at radius 3 is 2.70 bits per heavy atom. The SMILES string of the molecule is [2H]C([2H])([2H])NC(=O)c1cnc(NC(=O)C2CC2)cc1Nc1cn(CCOC)c2cnn(C(C)C(F)(F)F)c(=O)c12. The summed E-state index contributed by atoms with van der Waals surface area (Å²) in [5.41, 5.74) is -1.15. The fourth-order valence-corrected chi connectivity index (χ4v) is 3.70. The number of alkyl halides is 3. The normalized spacial score (nSPS) is 16.0. The van der Waals surface area contributed by atoms with Crippen molar-refractivity contribution >= 4 is 39.9 Å². The number of nitrogens with zero attached hydrogens (tertiary/aromatic N) is 4. The van der Waals surface area contributed by atoms with Gasteiger partial charge in [-0.15, -0.1) is 0 Å². The molecule has 14 heteroatoms. The smallest absolute Gasteiger partial charge is 0.383 e. The molecule has 1 saturated carbocycles. The van der Waals surface area contributed by atoms with E-state index < -0.39 is 30.7 Å². The molecule has 1 aliphatic rings. The predicted molar refractivity (Wildman–Crippen MR) is 129 cm³/mol. The van der Waals surface area contributed by atoms with Crippen LogP contribution in [0.15, 0.2) is 29.5 Å². The highest BCUT2D eigenvalue weighted by atomic mass is 19.4. The summed E-state index contributed by atoms with van der Waals surface area (Å²) in [6, 6.07) is -0.962. The van der Waals surface area contributed by atoms with Gasteiger partial charge in [0.05, 0.1) is 40.6 Å². The Bertz CT molecular complexity index is 1500. The van der Waals surface area contributed by atoms with Crippen molar-refractivity contribution in [1.82, 2.24) is 24.6 Å². The van der Waals surface area contributed by atoms with Gasteiger partial charge in [-0.3, -0.25) is 14.4 Å². The lowest BCUT2D eigenvalue weighted by atomic mass is 10.2. The van der Waals surface area contributed by atoms with E-state index in [0.717, 1.165) is 19.3 Å². The number of rotatable bonds is 9. The van der Waals surface area contributed by atoms with E-state index in [2.05, 4.69) is 20.7 Å². The van der Waals surface area contributed by atoms with E-state index in [1.54, 1.807) is 0 Å². The number of halogens is 3. The van der Waals surface area contributed by atoms with Crippen LogP contribution >= 0.6 is 0 Å². The molecule has 3 aromatic heterocycles. The Morgan fingerprint density at radius 2 is 2.05 bits per heavy atom. The zero-order valence-corrected chi connectivity index (χ0v) is 19.8. The first kappa shape index (κ1) is 22.3. The topological polar surface area (TPSA) is 132 Å². The molecular weight excluding hydrogens is 495 g/mol. The lowest BCUT2D eigenvalue weighted by Crippen LogP contribution is -2.34. The van der Waals surface area contributed by atoms with Gasteiger partial charge in [0.25, 0.3) is 11.5 Å². The highest BCUT2D eigenvalue weighted by Crippen LogP contribution is 2.33. The number of amides is 2. The Hall–Kier alpha value is -3.94. The van der Waals surface area contributed by atoms with Gasteiger partial charge in [0.15, 0.2) is 0 Å². The Balaban J connectivity index is 1.84. The van der Waals surface area contributed by atoms with Crippen LogP contribution in [0.2, 0.25) is 0 Å². The molecule has 11 nitrogen and oxygen atoms in total. The molecule has 3 N–H and O–H groups in total. The number of pyridine rings is 1. The highest BCUT2D eigenvalue weighted by molar-refractivity contribution is 6.03. The first-order valence-electron chi connectivity index (χ1n) is 12.8. The minimum Gasteiger partial charge on any atom is -0.383 e. The molecule has 0 spiro atoms. The third-order valence-electron chi connectivity index (χ3n) is 5.95. The summed E-state index contributed by atoms with van der Waals surface area (Å²) in [4.78, 5) is 42.4. The molecule has 3 heterocycles. The lowest BCUT2D eigenvalue weighted by molar-refractivity contribution is -0.166. The number of fused-ring (bicyclic) bond motifs is 1. The molecule has 0 aliphatic heterocycles. The molecular formula is C23H26F3N7O4. The number of methoxy groups -OCH3 is 1. The van der Waals surface area contributed by atoms with Crippen LogP contribution in [0.25, 0.3) is 10.9 Å². The molecule has 4 rings (SSSR count). The summed E-state index contributed by atoms with van der Waals surface area (Å²) < 4.78 is 69.4. The maximum Gasteiger partial charge on any atom is 0.410 e. The van der Waals surface area contributed by atoms with E-state index in [4.69, 9.17) is 8.85 Å². The van der Waals surface area contributed by atoms with E-state index in [-0.39, 0.29) is 58.6 Å². The largest absolute Gasteiger partial charge is 0.410 e. The van der Waals surface area contributed by atoms with Crippen LogP contribution in [0.3, 0.4) is 0 Å². The fourth-order valence-electron chi connectivity index (χ4n) is 3.70. The van der Waals surface area contributed by atoms with Crippen LogP contribution in [0.1, 0.15) is 40.3 Å². The van der Waals surface area contributed by atoms with Crippen LogP contribution in [0, 0.1) is 5.92 Å². The van der Waals surface area contributed by atoms with Crippen molar-refractivity contribution in [3.63, 3.8) is 0 Å². The molecule has 0 aromatic carbocycles. The third-order valence-corrected chi connectivity index (χ3v) is 5.95. The number of anilines is 3. The van der Waals surface area contributed by atoms with Crippen LogP contribution in [-0.4, -0.2) is 58.0 Å². The first-order chi connectivity index (χ1) is 18.7. The number of carbonyl (C=O) groups excluding carboxylic acids is 2. The summed E-state index contributed by atoms with van der Waals surface area (Å²) in [6.07, 6.45) is 0.277. The minimum absolute atomic E-state index is 0.00947. The van der Waals surface area contributed by atoms with Crippen molar-refractivity contribution in [2.24, 2.45) is 5.92 Å². The molecule has 0 saturated heterocycles. The fraction of sp³-hybridized carbons (Fsp3) is 0.435. The number of nitrogens with one attached hydrogen (secondary N) is 3. The van der Waals surface area contributed by atoms with E-state index in [1.807, 2.05) is 5.32 Å². The second-order valence-electron chi connectivity index (χ2n) is 8.56. The molecule has 3 aromatic rings. The van der Waals surface area contributed by atoms with Gasteiger partial charge in [-0.2, -0.15) is 18.3 Å². The highest BCUT2D eigenvalue weighted by Gasteiger charge is 2.39. The third kappa shape index (κ3) is 5.43. The van der Waals surface area contributed by atoms with Crippen LogP contribution in [-0.2, 0) is 16.1 Å². The van der Waals surface area contributed by atoms with E-state index in [0.29, 0.717) is 17.5 Å². The maximum atomic E-state index is 13.5. The van der Waals surface area contributed by atoms with Crippen molar-refractivity contribution in [3.05, 3.63) is 40.6 Å². The number of aromatic nitrogens is 4. The van der Waals surface area contributed by atoms with Gasteiger partial charge in [-0.1, -0.05) is 0 Å². The minimum atomic E-state index is -4.75. The maximum absolute atomic E-state index is 13.5. The quantitative estimate of drug-likeness (QED) is 0.392. The van der Waals surface area contributed by atoms with Gasteiger partial charge in [-0.25, -0.2) is 9.67 Å². The van der Waals surface area contributed by atoms with Gasteiger partial charge in [-0.05, 0) is 19.8 Å². The van der Waals surface area contributed by atoms with Crippen molar-refractivity contribution < 1.29 is 31.6 Å². The number of hydrogen-bond acceptors (Lipinski definition) is 7. The van der Waals surface area contributed by atoms with Crippen LogP contribution in [0.5, 0.6) is 0 Å². The van der Waals surface area contributed by atoms with Crippen molar-refractivity contribution in [3.8, 4) is 0 Å². The van der Waals surface area contributed by atoms with Gasteiger partial charge < -0.3 is 25.3 Å².